The lowest BCUT2D eigenvalue weighted by Gasteiger charge is -2.16. The first-order valence-electron chi connectivity index (χ1n) is 9.74. The molecule has 1 aromatic carbocycles. The van der Waals surface area contributed by atoms with Gasteiger partial charge in [0.15, 0.2) is 11.6 Å². The lowest BCUT2D eigenvalue weighted by atomic mass is 10.1. The molecule has 1 aliphatic heterocycles. The van der Waals surface area contributed by atoms with Gasteiger partial charge in [-0.15, -0.1) is 11.8 Å². The van der Waals surface area contributed by atoms with Crippen molar-refractivity contribution in [2.24, 2.45) is 0 Å². The minimum atomic E-state index is -0.311. The molecular weight excluding hydrogens is 400 g/mol. The van der Waals surface area contributed by atoms with Gasteiger partial charge in [0.2, 0.25) is 0 Å². The molecule has 154 valence electrons. The fraction of sp³-hybridized carbons (Fsp3) is 0.273. The number of benzene rings is 1. The van der Waals surface area contributed by atoms with Gasteiger partial charge in [0, 0.05) is 24.3 Å². The van der Waals surface area contributed by atoms with E-state index in [1.165, 1.54) is 11.8 Å². The van der Waals surface area contributed by atoms with E-state index in [0.29, 0.717) is 39.1 Å². The molecule has 2 aromatic heterocycles. The molecule has 1 aliphatic rings. The molecule has 8 heteroatoms. The number of amides is 2. The number of hydrogen-bond acceptors (Lipinski definition) is 6. The van der Waals surface area contributed by atoms with Crippen LogP contribution < -0.4 is 5.32 Å². The van der Waals surface area contributed by atoms with Crippen molar-refractivity contribution in [1.29, 1.82) is 0 Å². The molecule has 0 aliphatic carbocycles. The predicted molar refractivity (Wildman–Crippen MR) is 116 cm³/mol. The highest BCUT2D eigenvalue weighted by Crippen LogP contribution is 2.26. The molecule has 0 radical (unpaired) electrons. The Balaban J connectivity index is 1.58. The average molecular weight is 423 g/mol. The molecule has 30 heavy (non-hydrogen) atoms. The summed E-state index contributed by atoms with van der Waals surface area (Å²) in [7, 11) is 0. The normalized spacial score (nSPS) is 13.5. The van der Waals surface area contributed by atoms with Crippen molar-refractivity contribution in [3.63, 3.8) is 0 Å². The van der Waals surface area contributed by atoms with Crippen LogP contribution in [0.4, 0.5) is 5.69 Å². The largest absolute Gasteiger partial charge is 0.461 e. The molecule has 0 saturated carbocycles. The Bertz CT molecular complexity index is 1080. The van der Waals surface area contributed by atoms with Crippen molar-refractivity contribution >= 4 is 29.3 Å². The van der Waals surface area contributed by atoms with Crippen LogP contribution in [0, 0.1) is 6.92 Å². The van der Waals surface area contributed by atoms with Crippen molar-refractivity contribution in [3.05, 3.63) is 59.5 Å². The minimum Gasteiger partial charge on any atom is -0.461 e. The van der Waals surface area contributed by atoms with Gasteiger partial charge in [-0.2, -0.15) is 0 Å². The monoisotopic (exact) mass is 422 g/mol. The van der Waals surface area contributed by atoms with Crippen LogP contribution in [-0.2, 0) is 0 Å². The number of carbonyl (C=O) groups is 2. The maximum Gasteiger partial charge on any atom is 0.260 e. The molecule has 0 atom stereocenters. The number of carbonyl (C=O) groups excluding carboxylic acids is 2. The van der Waals surface area contributed by atoms with E-state index in [9.17, 15) is 9.59 Å². The Morgan fingerprint density at radius 1 is 1.13 bits per heavy atom. The third-order valence-corrected chi connectivity index (χ3v) is 5.66. The zero-order valence-corrected chi connectivity index (χ0v) is 17.7. The second kappa shape index (κ2) is 8.71. The quantitative estimate of drug-likeness (QED) is 0.488. The van der Waals surface area contributed by atoms with Crippen LogP contribution in [0.1, 0.15) is 39.3 Å². The van der Waals surface area contributed by atoms with Gasteiger partial charge in [-0.05, 0) is 56.4 Å². The van der Waals surface area contributed by atoms with Crippen molar-refractivity contribution in [1.82, 2.24) is 14.9 Å². The van der Waals surface area contributed by atoms with Gasteiger partial charge in [-0.1, -0.05) is 6.07 Å². The molecule has 1 saturated heterocycles. The molecule has 0 bridgehead atoms. The summed E-state index contributed by atoms with van der Waals surface area (Å²) in [6.07, 6.45) is 5.49. The summed E-state index contributed by atoms with van der Waals surface area (Å²) in [6.45, 7) is 3.34. The van der Waals surface area contributed by atoms with E-state index in [1.54, 1.807) is 49.6 Å². The molecule has 1 N–H and O–H groups in total. The van der Waals surface area contributed by atoms with Crippen LogP contribution >= 0.6 is 11.8 Å². The first-order valence-corrected chi connectivity index (χ1v) is 11.0. The highest BCUT2D eigenvalue weighted by atomic mass is 32.2. The van der Waals surface area contributed by atoms with Crippen molar-refractivity contribution in [2.75, 3.05) is 24.7 Å². The number of furan rings is 1. The number of anilines is 1. The lowest BCUT2D eigenvalue weighted by molar-refractivity contribution is 0.0792. The van der Waals surface area contributed by atoms with Crippen LogP contribution in [0.3, 0.4) is 0 Å². The van der Waals surface area contributed by atoms with Gasteiger partial charge in [0.1, 0.15) is 5.03 Å². The molecule has 4 rings (SSSR count). The topological polar surface area (TPSA) is 88.3 Å². The van der Waals surface area contributed by atoms with E-state index >= 15 is 0 Å². The molecule has 3 heterocycles. The van der Waals surface area contributed by atoms with Crippen molar-refractivity contribution in [3.8, 4) is 11.6 Å². The molecule has 0 spiro atoms. The fourth-order valence-corrected chi connectivity index (χ4v) is 4.12. The van der Waals surface area contributed by atoms with E-state index in [2.05, 4.69) is 15.3 Å². The Morgan fingerprint density at radius 3 is 2.63 bits per heavy atom. The Hall–Kier alpha value is -3.13. The summed E-state index contributed by atoms with van der Waals surface area (Å²) < 4.78 is 5.38. The van der Waals surface area contributed by atoms with Gasteiger partial charge in [0.25, 0.3) is 11.8 Å². The molecule has 0 unspecified atom stereocenters. The molecule has 1 fully saturated rings. The number of rotatable bonds is 5. The summed E-state index contributed by atoms with van der Waals surface area (Å²) >= 11 is 1.37. The summed E-state index contributed by atoms with van der Waals surface area (Å²) in [6, 6.07) is 10.6. The number of nitrogens with zero attached hydrogens (tertiary/aromatic N) is 3. The first kappa shape index (κ1) is 20.2. The number of likely N-dealkylation sites (tertiary alicyclic amines) is 1. The molecule has 7 nitrogen and oxygen atoms in total. The third kappa shape index (κ3) is 4.09. The minimum absolute atomic E-state index is 0.00397. The number of aromatic nitrogens is 2. The van der Waals surface area contributed by atoms with E-state index in [4.69, 9.17) is 4.42 Å². The van der Waals surface area contributed by atoms with Gasteiger partial charge >= 0.3 is 0 Å². The third-order valence-electron chi connectivity index (χ3n) is 4.98. The van der Waals surface area contributed by atoms with E-state index in [0.717, 1.165) is 25.9 Å². The number of nitrogens with one attached hydrogen (secondary N) is 1. The van der Waals surface area contributed by atoms with Gasteiger partial charge in [-0.25, -0.2) is 9.97 Å². The SMILES string of the molecule is CSc1nc(-c2ccco2)nc(C)c1C(=O)Nc1cccc(C(=O)N2CCCC2)c1. The second-order valence-electron chi connectivity index (χ2n) is 7.03. The summed E-state index contributed by atoms with van der Waals surface area (Å²) in [4.78, 5) is 36.4. The predicted octanol–water partition coefficient (Wildman–Crippen LogP) is 4.26. The summed E-state index contributed by atoms with van der Waals surface area (Å²) in [5.41, 5.74) is 2.10. The number of thioether (sulfide) groups is 1. The maximum absolute atomic E-state index is 13.0. The van der Waals surface area contributed by atoms with Crippen molar-refractivity contribution < 1.29 is 14.0 Å². The standard InChI is InChI=1S/C22H22N4O3S/c1-14-18(21(30-2)25-19(23-14)17-9-6-12-29-17)20(27)24-16-8-5-7-15(13-16)22(28)26-10-3-4-11-26/h5-9,12-13H,3-4,10-11H2,1-2H3,(H,24,27). The fourth-order valence-electron chi connectivity index (χ4n) is 3.50. The number of hydrogen-bond donors (Lipinski definition) is 1. The van der Waals surface area contributed by atoms with E-state index < -0.39 is 0 Å². The first-order chi connectivity index (χ1) is 14.6. The van der Waals surface area contributed by atoms with Crippen LogP contribution in [-0.4, -0.2) is 46.0 Å². The number of aryl methyl sites for hydroxylation is 1. The van der Waals surface area contributed by atoms with Gasteiger partial charge in [0.05, 0.1) is 17.5 Å². The van der Waals surface area contributed by atoms with E-state index in [1.807, 2.05) is 11.2 Å². The van der Waals surface area contributed by atoms with Crippen LogP contribution in [0.25, 0.3) is 11.6 Å². The van der Waals surface area contributed by atoms with E-state index in [-0.39, 0.29) is 11.8 Å². The average Bonchev–Trinajstić information content (AvgIpc) is 3.46. The van der Waals surface area contributed by atoms with Crippen LogP contribution in [0.5, 0.6) is 0 Å². The summed E-state index contributed by atoms with van der Waals surface area (Å²) in [5.74, 6) is 0.675. The highest BCUT2D eigenvalue weighted by molar-refractivity contribution is 7.98. The Labute approximate surface area is 178 Å². The second-order valence-corrected chi connectivity index (χ2v) is 7.82. The summed E-state index contributed by atoms with van der Waals surface area (Å²) in [5, 5.41) is 3.45. The van der Waals surface area contributed by atoms with Crippen LogP contribution in [0.15, 0.2) is 52.1 Å². The molecule has 2 amide bonds. The smallest absolute Gasteiger partial charge is 0.260 e. The molecule has 3 aromatic rings. The zero-order valence-electron chi connectivity index (χ0n) is 16.8. The highest BCUT2D eigenvalue weighted by Gasteiger charge is 2.22. The Kier molecular flexibility index (Phi) is 5.85. The lowest BCUT2D eigenvalue weighted by Crippen LogP contribution is -2.27. The Morgan fingerprint density at radius 2 is 1.93 bits per heavy atom. The van der Waals surface area contributed by atoms with Gasteiger partial charge < -0.3 is 14.6 Å². The van der Waals surface area contributed by atoms with Crippen LogP contribution in [0.2, 0.25) is 0 Å². The zero-order chi connectivity index (χ0) is 21.1. The molecular formula is C22H22N4O3S. The maximum atomic E-state index is 13.0. The van der Waals surface area contributed by atoms with Crippen molar-refractivity contribution in [2.45, 2.75) is 24.8 Å². The van der Waals surface area contributed by atoms with Gasteiger partial charge in [-0.3, -0.25) is 9.59 Å².